The second kappa shape index (κ2) is 5.65. The third-order valence-electron chi connectivity index (χ3n) is 2.06. The molecule has 0 atom stereocenters. The summed E-state index contributed by atoms with van der Waals surface area (Å²) in [6, 6.07) is 0. The predicted molar refractivity (Wildman–Crippen MR) is 83.0 cm³/mol. The van der Waals surface area contributed by atoms with Crippen molar-refractivity contribution in [1.29, 1.82) is 0 Å². The maximum atomic E-state index is 4.07. The van der Waals surface area contributed by atoms with Crippen molar-refractivity contribution in [3.05, 3.63) is 0 Å². The maximum absolute atomic E-state index is 4.07. The van der Waals surface area contributed by atoms with Crippen molar-refractivity contribution >= 4 is 86.6 Å². The van der Waals surface area contributed by atoms with Gasteiger partial charge in [-0.2, -0.15) is 0 Å². The molecule has 0 aliphatic heterocycles. The molecule has 13 heavy (non-hydrogen) atoms. The summed E-state index contributed by atoms with van der Waals surface area (Å²) in [5.74, 6) is 0. The molecule has 0 saturated carbocycles. The van der Waals surface area contributed by atoms with E-state index in [1.807, 2.05) is 0 Å². The fourth-order valence-corrected chi connectivity index (χ4v) is 306. The van der Waals surface area contributed by atoms with Gasteiger partial charge in [-0.3, -0.25) is 0 Å². The predicted octanol–water partition coefficient (Wildman–Crippen LogP) is 5.24. The standard InChI is InChI=1S/6CH3.CH.3BrH.3Sn/h6*1H3;4*1H;;;/q;;;;;;;;;;3*+1/p-3. The zero-order valence-corrected chi connectivity index (χ0v) is 22.5. The molecule has 0 radical (unpaired) electrons. The van der Waals surface area contributed by atoms with Crippen LogP contribution < -0.4 is 0 Å². The van der Waals surface area contributed by atoms with Crippen LogP contribution in [0.25, 0.3) is 0 Å². The van der Waals surface area contributed by atoms with Crippen LogP contribution in [-0.2, 0) is 0 Å². The summed E-state index contributed by atoms with van der Waals surface area (Å²) in [5.41, 5.74) is 0. The number of halogens is 3. The van der Waals surface area contributed by atoms with Gasteiger partial charge in [0.05, 0.1) is 0 Å². The third kappa shape index (κ3) is 6.36. The zero-order valence-electron chi connectivity index (χ0n) is 9.21. The van der Waals surface area contributed by atoms with Crippen molar-refractivity contribution in [3.63, 3.8) is 0 Å². The van der Waals surface area contributed by atoms with E-state index in [-0.39, 0.29) is 0 Å². The monoisotopic (exact) mass is 700 g/mol. The molecule has 0 aromatic heterocycles. The molecule has 6 heteroatoms. The van der Waals surface area contributed by atoms with Gasteiger partial charge in [-0.1, -0.05) is 0 Å². The molecule has 0 aliphatic rings. The molecule has 0 saturated heterocycles. The van der Waals surface area contributed by atoms with Crippen LogP contribution in [0.4, 0.5) is 0 Å². The van der Waals surface area contributed by atoms with Crippen LogP contribution in [0.15, 0.2) is 0 Å². The molecule has 80 valence electrons. The molecule has 0 fully saturated rings. The van der Waals surface area contributed by atoms with Crippen molar-refractivity contribution in [2.24, 2.45) is 0 Å². The summed E-state index contributed by atoms with van der Waals surface area (Å²) in [5, 5.41) is 0. The van der Waals surface area contributed by atoms with Crippen LogP contribution in [0, 0.1) is 0 Å². The van der Waals surface area contributed by atoms with Crippen LogP contribution in [0.5, 0.6) is 0 Å². The van der Waals surface area contributed by atoms with E-state index in [9.17, 15) is 0 Å². The topological polar surface area (TPSA) is 0 Å². The molecule has 0 unspecified atom stereocenters. The van der Waals surface area contributed by atoms with Crippen LogP contribution in [0.1, 0.15) is 0 Å². The molecule has 0 rings (SSSR count). The van der Waals surface area contributed by atoms with E-state index in [1.54, 1.807) is 0 Å². The van der Waals surface area contributed by atoms with Gasteiger partial charge in [0.2, 0.25) is 0 Å². The second-order valence-electron chi connectivity index (χ2n) is 5.13. The van der Waals surface area contributed by atoms with Crippen LogP contribution >= 0.6 is 38.1 Å². The molecule has 0 nitrogen and oxygen atoms in total. The minimum absolute atomic E-state index is 1.11. The molecule has 0 spiro atoms. The van der Waals surface area contributed by atoms with Crippen molar-refractivity contribution in [2.45, 2.75) is 29.6 Å². The van der Waals surface area contributed by atoms with E-state index in [4.69, 9.17) is 0 Å². The normalized spacial score (nSPS) is 15.2. The van der Waals surface area contributed by atoms with E-state index < -0.39 is 48.5 Å². The molecule has 0 aliphatic carbocycles. The molecule has 0 aromatic rings. The van der Waals surface area contributed by atoms with Gasteiger partial charge >= 0.3 is 116 Å². The van der Waals surface area contributed by atoms with Gasteiger partial charge in [-0.25, -0.2) is 0 Å². The molecule has 0 bridgehead atoms. The summed E-state index contributed by atoms with van der Waals surface area (Å²) in [7, 11) is 0. The SMILES string of the molecule is [CH3][Sn]([CH3])([Br])[CH]([Sn]([CH3])([CH3])[Br])[Sn]([CH3])([CH3])[Br]. The molecule has 0 aromatic carbocycles. The second-order valence-corrected chi connectivity index (χ2v) is 92.1. The number of rotatable bonds is 3. The fourth-order valence-electron chi connectivity index (χ4n) is 2.45. The van der Waals surface area contributed by atoms with Gasteiger partial charge in [0.25, 0.3) is 0 Å². The average Bonchev–Trinajstić information content (AvgIpc) is 1.44. The van der Waals surface area contributed by atoms with E-state index in [0.29, 0.717) is 0 Å². The Bertz CT molecular complexity index is 142. The van der Waals surface area contributed by atoms with Crippen molar-refractivity contribution < 1.29 is 0 Å². The van der Waals surface area contributed by atoms with Crippen LogP contribution in [0.3, 0.4) is 0 Å². The first kappa shape index (κ1) is 16.8. The molecule has 0 amide bonds. The summed E-state index contributed by atoms with van der Waals surface area (Å²) < 4.78 is 1.11. The third-order valence-corrected chi connectivity index (χ3v) is 154. The minimum atomic E-state index is -1.89. The number of hydrogen-bond donors (Lipinski definition) is 0. The van der Waals surface area contributed by atoms with E-state index in [2.05, 4.69) is 67.8 Å². The van der Waals surface area contributed by atoms with Gasteiger partial charge in [-0.15, -0.1) is 0 Å². The summed E-state index contributed by atoms with van der Waals surface area (Å²) in [6.45, 7) is 0. The first-order valence-corrected chi connectivity index (χ1v) is 45.7. The first-order chi connectivity index (χ1) is 5.37. The zero-order chi connectivity index (χ0) is 11.1. The van der Waals surface area contributed by atoms with Crippen LogP contribution in [0.2, 0.25) is 29.6 Å². The van der Waals surface area contributed by atoms with Gasteiger partial charge < -0.3 is 0 Å². The molecule has 0 N–H and O–H groups in total. The Balaban J connectivity index is 5.02. The molecule has 0 heterocycles. The Kier molecular flexibility index (Phi) is 7.32. The molecular formula is C7H19Br3Sn3. The Morgan fingerprint density at radius 2 is 0.769 bits per heavy atom. The van der Waals surface area contributed by atoms with Crippen molar-refractivity contribution in [3.8, 4) is 0 Å². The van der Waals surface area contributed by atoms with Gasteiger partial charge in [0.15, 0.2) is 0 Å². The Morgan fingerprint density at radius 1 is 0.615 bits per heavy atom. The number of hydrogen-bond acceptors (Lipinski definition) is 0. The summed E-state index contributed by atoms with van der Waals surface area (Å²) >= 11 is 6.54. The fraction of sp³-hybridized carbons (Fsp3) is 1.00. The first-order valence-electron chi connectivity index (χ1n) is 4.43. The van der Waals surface area contributed by atoms with Gasteiger partial charge in [0, 0.05) is 0 Å². The van der Waals surface area contributed by atoms with E-state index >= 15 is 0 Å². The molecular weight excluding hydrogens is 680 g/mol. The van der Waals surface area contributed by atoms with E-state index in [1.165, 1.54) is 0 Å². The van der Waals surface area contributed by atoms with Crippen molar-refractivity contribution in [1.82, 2.24) is 0 Å². The summed E-state index contributed by atoms with van der Waals surface area (Å²) in [4.78, 5) is 15.2. The van der Waals surface area contributed by atoms with Crippen LogP contribution in [-0.4, -0.2) is 48.5 Å². The Hall–Kier alpha value is 3.84. The Morgan fingerprint density at radius 3 is 0.769 bits per heavy atom. The van der Waals surface area contributed by atoms with E-state index in [0.717, 1.165) is -0.0343 Å². The average molecular weight is 699 g/mol. The quantitative estimate of drug-likeness (QED) is 0.355. The van der Waals surface area contributed by atoms with Gasteiger partial charge in [-0.05, 0) is 0 Å². The van der Waals surface area contributed by atoms with Crippen molar-refractivity contribution in [2.75, 3.05) is 0 Å². The van der Waals surface area contributed by atoms with Gasteiger partial charge in [0.1, 0.15) is 0 Å². The summed E-state index contributed by atoms with van der Waals surface area (Å²) in [6.07, 6.45) is 0. The Labute approximate surface area is 113 Å².